The molecule has 1 aromatic heterocycles. The minimum atomic E-state index is -3.20. The summed E-state index contributed by atoms with van der Waals surface area (Å²) < 4.78 is 27.4. The molecule has 0 aliphatic rings. The molecule has 0 aliphatic carbocycles. The number of rotatable bonds is 8. The topological polar surface area (TPSA) is 76.9 Å². The Bertz CT molecular complexity index is 990. The lowest BCUT2D eigenvalue weighted by Gasteiger charge is -2.10. The number of hydrogen-bond donors (Lipinski definition) is 1. The Balaban J connectivity index is 1.87. The van der Waals surface area contributed by atoms with Crippen LogP contribution >= 0.6 is 23.4 Å². The van der Waals surface area contributed by atoms with Crippen LogP contribution in [0.3, 0.4) is 0 Å². The van der Waals surface area contributed by atoms with Crippen LogP contribution in [0.25, 0.3) is 17.1 Å². The molecule has 0 atom stereocenters. The number of aromatic nitrogens is 3. The van der Waals surface area contributed by atoms with Crippen LogP contribution in [0.15, 0.2) is 59.8 Å². The second-order valence-electron chi connectivity index (χ2n) is 5.71. The van der Waals surface area contributed by atoms with Crippen molar-refractivity contribution in [2.24, 2.45) is 0 Å². The van der Waals surface area contributed by atoms with Crippen LogP contribution in [-0.2, 0) is 10.0 Å². The zero-order valence-electron chi connectivity index (χ0n) is 14.7. The lowest BCUT2D eigenvalue weighted by Crippen LogP contribution is -2.22. The van der Waals surface area contributed by atoms with Gasteiger partial charge in [-0.1, -0.05) is 41.6 Å². The number of para-hydroxylation sites is 1. The van der Waals surface area contributed by atoms with Gasteiger partial charge in [0.2, 0.25) is 10.0 Å². The second kappa shape index (κ2) is 8.88. The summed E-state index contributed by atoms with van der Waals surface area (Å²) in [4.78, 5) is 0. The molecule has 1 heterocycles. The molecule has 2 aromatic carbocycles. The lowest BCUT2D eigenvalue weighted by atomic mass is 10.2. The van der Waals surface area contributed by atoms with Gasteiger partial charge < -0.3 is 0 Å². The van der Waals surface area contributed by atoms with Crippen LogP contribution in [0.5, 0.6) is 0 Å². The van der Waals surface area contributed by atoms with Gasteiger partial charge in [-0.05, 0) is 49.9 Å². The molecular formula is C18H19ClN4O2S2. The summed E-state index contributed by atoms with van der Waals surface area (Å²) in [6.45, 7) is 0. The van der Waals surface area contributed by atoms with E-state index in [1.54, 1.807) is 0 Å². The normalized spacial score (nSPS) is 11.6. The average molecular weight is 423 g/mol. The summed E-state index contributed by atoms with van der Waals surface area (Å²) in [7, 11) is -1.77. The molecule has 0 radical (unpaired) electrons. The first kappa shape index (κ1) is 19.9. The van der Waals surface area contributed by atoms with Gasteiger partial charge >= 0.3 is 0 Å². The summed E-state index contributed by atoms with van der Waals surface area (Å²) in [6, 6.07) is 17.3. The number of nitrogens with zero attached hydrogens (tertiary/aromatic N) is 3. The zero-order valence-corrected chi connectivity index (χ0v) is 17.1. The van der Waals surface area contributed by atoms with E-state index in [4.69, 9.17) is 11.6 Å². The fraction of sp³-hybridized carbons (Fsp3) is 0.222. The fourth-order valence-electron chi connectivity index (χ4n) is 2.47. The van der Waals surface area contributed by atoms with Crippen molar-refractivity contribution in [3.63, 3.8) is 0 Å². The van der Waals surface area contributed by atoms with Gasteiger partial charge in [0, 0.05) is 22.0 Å². The highest BCUT2D eigenvalue weighted by Gasteiger charge is 2.16. The highest BCUT2D eigenvalue weighted by molar-refractivity contribution is 7.99. The van der Waals surface area contributed by atoms with Crippen LogP contribution in [0.4, 0.5) is 0 Å². The quantitative estimate of drug-likeness (QED) is 0.443. The van der Waals surface area contributed by atoms with E-state index in [-0.39, 0.29) is 5.75 Å². The second-order valence-corrected chi connectivity index (χ2v) is 9.25. The third-order valence-electron chi connectivity index (χ3n) is 3.85. The molecule has 3 rings (SSSR count). The van der Waals surface area contributed by atoms with Gasteiger partial charge in [-0.3, -0.25) is 4.57 Å². The maximum absolute atomic E-state index is 11.6. The van der Waals surface area contributed by atoms with Crippen molar-refractivity contribution in [2.75, 3.05) is 18.6 Å². The number of halogens is 1. The van der Waals surface area contributed by atoms with E-state index in [1.807, 2.05) is 59.2 Å². The van der Waals surface area contributed by atoms with Gasteiger partial charge in [0.1, 0.15) is 0 Å². The molecule has 6 nitrogen and oxygen atoms in total. The Kier molecular flexibility index (Phi) is 6.54. The van der Waals surface area contributed by atoms with E-state index >= 15 is 0 Å². The third kappa shape index (κ3) is 5.10. The van der Waals surface area contributed by atoms with Gasteiger partial charge in [-0.25, -0.2) is 13.1 Å². The Morgan fingerprint density at radius 3 is 2.44 bits per heavy atom. The van der Waals surface area contributed by atoms with Crippen molar-refractivity contribution in [3.8, 4) is 17.1 Å². The van der Waals surface area contributed by atoms with Crippen molar-refractivity contribution in [2.45, 2.75) is 11.6 Å². The first-order valence-electron chi connectivity index (χ1n) is 8.31. The molecule has 0 amide bonds. The Morgan fingerprint density at radius 2 is 1.78 bits per heavy atom. The highest BCUT2D eigenvalue weighted by atomic mass is 35.5. The molecule has 0 saturated carbocycles. The van der Waals surface area contributed by atoms with Crippen molar-refractivity contribution in [3.05, 3.63) is 59.6 Å². The van der Waals surface area contributed by atoms with Crippen LogP contribution in [-0.4, -0.2) is 41.7 Å². The molecule has 0 saturated heterocycles. The van der Waals surface area contributed by atoms with Crippen LogP contribution in [0, 0.1) is 0 Å². The third-order valence-corrected chi connectivity index (χ3v) is 6.57. The van der Waals surface area contributed by atoms with Crippen LogP contribution in [0.2, 0.25) is 5.02 Å². The molecule has 0 aliphatic heterocycles. The number of thioether (sulfide) groups is 1. The van der Waals surface area contributed by atoms with Crippen LogP contribution in [0.1, 0.15) is 6.42 Å². The Morgan fingerprint density at radius 1 is 1.07 bits per heavy atom. The van der Waals surface area contributed by atoms with E-state index in [9.17, 15) is 8.42 Å². The van der Waals surface area contributed by atoms with Gasteiger partial charge in [-0.15, -0.1) is 10.2 Å². The zero-order chi connectivity index (χ0) is 19.3. The predicted octanol–water partition coefficient (Wildman–Crippen LogP) is 3.62. The van der Waals surface area contributed by atoms with Gasteiger partial charge in [0.05, 0.1) is 5.75 Å². The summed E-state index contributed by atoms with van der Waals surface area (Å²) in [5, 5.41) is 10.1. The van der Waals surface area contributed by atoms with E-state index in [0.717, 1.165) is 11.3 Å². The maximum atomic E-state index is 11.6. The molecular weight excluding hydrogens is 404 g/mol. The summed E-state index contributed by atoms with van der Waals surface area (Å²) >= 11 is 7.48. The molecule has 9 heteroatoms. The molecule has 1 N–H and O–H groups in total. The standard InChI is InChI=1S/C18H19ClN4O2S2/c1-20-27(24,25)13-5-12-26-18-22-21-17(14-8-10-15(19)11-9-14)23(18)16-6-3-2-4-7-16/h2-4,6-11,20H,5,12-13H2,1H3. The minimum absolute atomic E-state index is 0.0833. The fourth-order valence-corrected chi connectivity index (χ4v) is 4.40. The summed E-state index contributed by atoms with van der Waals surface area (Å²) in [6.07, 6.45) is 0.520. The molecule has 0 bridgehead atoms. The van der Waals surface area contributed by atoms with E-state index < -0.39 is 10.0 Å². The highest BCUT2D eigenvalue weighted by Crippen LogP contribution is 2.28. The molecule has 3 aromatic rings. The van der Waals surface area contributed by atoms with Crippen molar-refractivity contribution < 1.29 is 8.42 Å². The molecule has 0 fully saturated rings. The molecule has 142 valence electrons. The number of hydrogen-bond acceptors (Lipinski definition) is 5. The molecule has 27 heavy (non-hydrogen) atoms. The first-order chi connectivity index (χ1) is 13.0. The summed E-state index contributed by atoms with van der Waals surface area (Å²) in [5.74, 6) is 1.41. The lowest BCUT2D eigenvalue weighted by molar-refractivity contribution is 0.587. The largest absolute Gasteiger partial charge is 0.270 e. The van der Waals surface area contributed by atoms with Gasteiger partial charge in [0.15, 0.2) is 11.0 Å². The number of benzene rings is 2. The predicted molar refractivity (Wildman–Crippen MR) is 110 cm³/mol. The van der Waals surface area contributed by atoms with Crippen molar-refractivity contribution in [1.29, 1.82) is 0 Å². The summed E-state index contributed by atoms with van der Waals surface area (Å²) in [5.41, 5.74) is 1.85. The monoisotopic (exact) mass is 422 g/mol. The first-order valence-corrected chi connectivity index (χ1v) is 11.3. The van der Waals surface area contributed by atoms with E-state index in [2.05, 4.69) is 14.9 Å². The van der Waals surface area contributed by atoms with Crippen molar-refractivity contribution in [1.82, 2.24) is 19.5 Å². The Labute approximate surface area is 168 Å². The van der Waals surface area contributed by atoms with Gasteiger partial charge in [-0.2, -0.15) is 0 Å². The van der Waals surface area contributed by atoms with E-state index in [1.165, 1.54) is 18.8 Å². The van der Waals surface area contributed by atoms with Gasteiger partial charge in [0.25, 0.3) is 0 Å². The maximum Gasteiger partial charge on any atom is 0.211 e. The average Bonchev–Trinajstić information content (AvgIpc) is 3.10. The SMILES string of the molecule is CNS(=O)(=O)CCCSc1nnc(-c2ccc(Cl)cc2)n1-c1ccccc1. The van der Waals surface area contributed by atoms with Crippen LogP contribution < -0.4 is 4.72 Å². The van der Waals surface area contributed by atoms with Crippen molar-refractivity contribution >= 4 is 33.4 Å². The number of nitrogens with one attached hydrogen (secondary N) is 1. The van der Waals surface area contributed by atoms with E-state index in [0.29, 0.717) is 28.2 Å². The number of sulfonamides is 1. The smallest absolute Gasteiger partial charge is 0.211 e. The molecule has 0 spiro atoms. The Hall–Kier alpha value is -1.87. The minimum Gasteiger partial charge on any atom is -0.270 e. The molecule has 0 unspecified atom stereocenters.